The predicted octanol–water partition coefficient (Wildman–Crippen LogP) is 3.06. The summed E-state index contributed by atoms with van der Waals surface area (Å²) >= 11 is 7.29. The number of aromatic nitrogens is 2. The van der Waals surface area contributed by atoms with Crippen molar-refractivity contribution in [2.45, 2.75) is 0 Å². The summed E-state index contributed by atoms with van der Waals surface area (Å²) in [6.07, 6.45) is 1.62. The van der Waals surface area contributed by atoms with Crippen LogP contribution < -0.4 is 4.90 Å². The van der Waals surface area contributed by atoms with Gasteiger partial charge < -0.3 is 19.9 Å². The number of thiazole rings is 1. The molecule has 1 fully saturated rings. The van der Waals surface area contributed by atoms with Crippen LogP contribution in [0.4, 0.5) is 16.0 Å². The van der Waals surface area contributed by atoms with E-state index in [0.29, 0.717) is 37.0 Å². The van der Waals surface area contributed by atoms with Crippen molar-refractivity contribution in [1.29, 1.82) is 0 Å². The summed E-state index contributed by atoms with van der Waals surface area (Å²) in [7, 11) is 0. The number of nitro groups is 1. The van der Waals surface area contributed by atoms with E-state index in [4.69, 9.17) is 11.6 Å². The molecule has 8 nitrogen and oxygen atoms in total. The Hall–Kier alpha value is -2.72. The molecule has 1 aliphatic heterocycles. The third-order valence-electron chi connectivity index (χ3n) is 4.42. The number of hydrogen-bond acceptors (Lipinski definition) is 6. The maximum atomic E-state index is 13.2. The molecule has 27 heavy (non-hydrogen) atoms. The largest absolute Gasteiger partial charge is 0.373 e. The van der Waals surface area contributed by atoms with Gasteiger partial charge in [0.2, 0.25) is 5.82 Å². The van der Waals surface area contributed by atoms with Crippen LogP contribution in [0.1, 0.15) is 10.4 Å². The minimum absolute atomic E-state index is 0.0624. The van der Waals surface area contributed by atoms with Gasteiger partial charge in [0.15, 0.2) is 0 Å². The standard InChI is InChI=1S/C16H13ClFN5O3S/c17-12-9-10(18)1-2-11(12)15(24)21-5-3-20(4-6-21)13-14(23(25)26)22-7-8-27-16(22)19-13/h1-2,7-9H,3-6H2. The Morgan fingerprint density at radius 1 is 1.30 bits per heavy atom. The van der Waals surface area contributed by atoms with Crippen molar-refractivity contribution >= 4 is 45.4 Å². The number of amides is 1. The van der Waals surface area contributed by atoms with Crippen LogP contribution in [0, 0.1) is 15.9 Å². The van der Waals surface area contributed by atoms with Gasteiger partial charge in [-0.2, -0.15) is 9.38 Å². The molecule has 0 aliphatic carbocycles. The Morgan fingerprint density at radius 3 is 2.70 bits per heavy atom. The number of hydrogen-bond donors (Lipinski definition) is 0. The molecule has 3 heterocycles. The molecule has 11 heteroatoms. The molecule has 1 amide bonds. The highest BCUT2D eigenvalue weighted by Gasteiger charge is 2.31. The monoisotopic (exact) mass is 409 g/mol. The fourth-order valence-corrected chi connectivity index (χ4v) is 4.05. The van der Waals surface area contributed by atoms with Crippen molar-refractivity contribution in [2.24, 2.45) is 0 Å². The topological polar surface area (TPSA) is 84.0 Å². The molecule has 1 aliphatic rings. The molecule has 1 saturated heterocycles. The summed E-state index contributed by atoms with van der Waals surface area (Å²) in [5.41, 5.74) is 0.236. The molecule has 0 bridgehead atoms. The van der Waals surface area contributed by atoms with Gasteiger partial charge in [0, 0.05) is 31.6 Å². The third-order valence-corrected chi connectivity index (χ3v) is 5.49. The van der Waals surface area contributed by atoms with E-state index >= 15 is 0 Å². The summed E-state index contributed by atoms with van der Waals surface area (Å²) in [6, 6.07) is 3.66. The summed E-state index contributed by atoms with van der Waals surface area (Å²) in [5.74, 6) is -0.570. The van der Waals surface area contributed by atoms with E-state index in [2.05, 4.69) is 4.98 Å². The molecule has 3 aromatic rings. The molecule has 4 rings (SSSR count). The van der Waals surface area contributed by atoms with Gasteiger partial charge >= 0.3 is 5.82 Å². The number of carbonyl (C=O) groups is 1. The minimum atomic E-state index is -0.506. The van der Waals surface area contributed by atoms with E-state index < -0.39 is 10.7 Å². The molecule has 0 N–H and O–H groups in total. The van der Waals surface area contributed by atoms with Crippen LogP contribution in [0.2, 0.25) is 5.02 Å². The van der Waals surface area contributed by atoms with Crippen LogP contribution in [0.15, 0.2) is 29.8 Å². The second-order valence-corrected chi connectivity index (χ2v) is 7.26. The Labute approximate surface area is 161 Å². The minimum Gasteiger partial charge on any atom is -0.358 e. The average Bonchev–Trinajstić information content (AvgIpc) is 3.22. The molecule has 0 spiro atoms. The van der Waals surface area contributed by atoms with Crippen molar-refractivity contribution in [3.63, 3.8) is 0 Å². The molecule has 2 aromatic heterocycles. The normalized spacial score (nSPS) is 14.7. The summed E-state index contributed by atoms with van der Waals surface area (Å²) in [5, 5.41) is 13.3. The smallest absolute Gasteiger partial charge is 0.358 e. The molecule has 0 atom stereocenters. The van der Waals surface area contributed by atoms with Crippen molar-refractivity contribution in [2.75, 3.05) is 31.1 Å². The van der Waals surface area contributed by atoms with Crippen molar-refractivity contribution in [3.8, 4) is 0 Å². The Balaban J connectivity index is 1.52. The maximum absolute atomic E-state index is 13.2. The van der Waals surface area contributed by atoms with Gasteiger partial charge in [-0.1, -0.05) is 22.9 Å². The van der Waals surface area contributed by atoms with Crippen molar-refractivity contribution < 1.29 is 14.1 Å². The molecule has 1 aromatic carbocycles. The van der Waals surface area contributed by atoms with Crippen LogP contribution in [-0.2, 0) is 0 Å². The SMILES string of the molecule is O=C(c1ccc(F)cc1Cl)N1CCN(c2nc3sccn3c2[N+](=O)[O-])CC1. The molecule has 0 saturated carbocycles. The lowest BCUT2D eigenvalue weighted by atomic mass is 10.1. The number of piperazine rings is 1. The number of rotatable bonds is 3. The maximum Gasteiger partial charge on any atom is 0.373 e. The van der Waals surface area contributed by atoms with Crippen molar-refractivity contribution in [1.82, 2.24) is 14.3 Å². The molecule has 0 unspecified atom stereocenters. The van der Waals surface area contributed by atoms with Crippen LogP contribution >= 0.6 is 22.9 Å². The first kappa shape index (κ1) is 17.7. The highest BCUT2D eigenvalue weighted by molar-refractivity contribution is 7.15. The molecule has 140 valence electrons. The van der Waals surface area contributed by atoms with Gasteiger partial charge in [0.05, 0.1) is 10.6 Å². The number of imidazole rings is 1. The summed E-state index contributed by atoms with van der Waals surface area (Å²) in [4.78, 5) is 32.0. The number of carbonyl (C=O) groups excluding carboxylic acids is 1. The predicted molar refractivity (Wildman–Crippen MR) is 99.2 cm³/mol. The van der Waals surface area contributed by atoms with E-state index in [-0.39, 0.29) is 22.3 Å². The van der Waals surface area contributed by atoms with Crippen LogP contribution in [-0.4, -0.2) is 51.3 Å². The number of fused-ring (bicyclic) bond motifs is 1. The van der Waals surface area contributed by atoms with Gasteiger partial charge in [0.1, 0.15) is 12.0 Å². The fourth-order valence-electron chi connectivity index (χ4n) is 3.10. The number of benzene rings is 1. The Kier molecular flexibility index (Phi) is 4.44. The lowest BCUT2D eigenvalue weighted by Gasteiger charge is -2.34. The molecule has 0 radical (unpaired) electrons. The van der Waals surface area contributed by atoms with Crippen molar-refractivity contribution in [3.05, 3.63) is 56.3 Å². The van der Waals surface area contributed by atoms with E-state index in [1.54, 1.807) is 21.4 Å². The Morgan fingerprint density at radius 2 is 2.04 bits per heavy atom. The van der Waals surface area contributed by atoms with Gasteiger partial charge in [-0.25, -0.2) is 4.39 Å². The van der Waals surface area contributed by atoms with E-state index in [1.807, 2.05) is 0 Å². The third kappa shape index (κ3) is 3.10. The lowest BCUT2D eigenvalue weighted by Crippen LogP contribution is -2.49. The quantitative estimate of drug-likeness (QED) is 0.490. The highest BCUT2D eigenvalue weighted by Crippen LogP contribution is 2.31. The van der Waals surface area contributed by atoms with E-state index in [9.17, 15) is 19.3 Å². The first-order valence-corrected chi connectivity index (χ1v) is 9.30. The molecular weight excluding hydrogens is 397 g/mol. The zero-order chi connectivity index (χ0) is 19.1. The van der Waals surface area contributed by atoms with Crippen LogP contribution in [0.5, 0.6) is 0 Å². The number of nitrogens with zero attached hydrogens (tertiary/aromatic N) is 5. The number of anilines is 1. The van der Waals surface area contributed by atoms with Gasteiger partial charge in [-0.05, 0) is 23.1 Å². The summed E-state index contributed by atoms with van der Waals surface area (Å²) in [6.45, 7) is 1.51. The number of halogens is 2. The van der Waals surface area contributed by atoms with E-state index in [0.717, 1.165) is 6.07 Å². The van der Waals surface area contributed by atoms with Gasteiger partial charge in [-0.15, -0.1) is 0 Å². The lowest BCUT2D eigenvalue weighted by molar-refractivity contribution is -0.389. The second kappa shape index (κ2) is 6.78. The summed E-state index contributed by atoms with van der Waals surface area (Å²) < 4.78 is 14.6. The molecular formula is C16H13ClFN5O3S. The first-order valence-electron chi connectivity index (χ1n) is 8.05. The van der Waals surface area contributed by atoms with E-state index in [1.165, 1.54) is 27.9 Å². The second-order valence-electron chi connectivity index (χ2n) is 5.98. The van der Waals surface area contributed by atoms with Gasteiger partial charge in [-0.3, -0.25) is 4.79 Å². The zero-order valence-electron chi connectivity index (χ0n) is 13.8. The Bertz CT molecular complexity index is 1040. The average molecular weight is 410 g/mol. The zero-order valence-corrected chi connectivity index (χ0v) is 15.4. The highest BCUT2D eigenvalue weighted by atomic mass is 35.5. The fraction of sp³-hybridized carbons (Fsp3) is 0.250. The van der Waals surface area contributed by atoms with Gasteiger partial charge in [0.25, 0.3) is 10.9 Å². The first-order chi connectivity index (χ1) is 13.0. The van der Waals surface area contributed by atoms with Crippen LogP contribution in [0.3, 0.4) is 0 Å². The van der Waals surface area contributed by atoms with Crippen LogP contribution in [0.25, 0.3) is 4.96 Å².